The maximum atomic E-state index is 11.2. The van der Waals surface area contributed by atoms with E-state index in [9.17, 15) is 13.5 Å². The Bertz CT molecular complexity index is 705. The predicted molar refractivity (Wildman–Crippen MR) is 79.8 cm³/mol. The first kappa shape index (κ1) is 14.8. The molecule has 5 heteroatoms. The molecule has 108 valence electrons. The summed E-state index contributed by atoms with van der Waals surface area (Å²) in [5.41, 5.74) is 0.664. The van der Waals surface area contributed by atoms with Gasteiger partial charge in [0.25, 0.3) is 0 Å². The zero-order valence-corrected chi connectivity index (χ0v) is 12.4. The average Bonchev–Trinajstić information content (AvgIpc) is 2.37. The van der Waals surface area contributed by atoms with E-state index >= 15 is 0 Å². The molecule has 2 aromatic rings. The second kappa shape index (κ2) is 5.81. The summed E-state index contributed by atoms with van der Waals surface area (Å²) < 4.78 is 28.0. The maximum Gasteiger partial charge on any atom is 0.150 e. The summed E-state index contributed by atoms with van der Waals surface area (Å²) in [4.78, 5) is 0. The Labute approximate surface area is 118 Å². The summed E-state index contributed by atoms with van der Waals surface area (Å²) in [6.45, 7) is 1.74. The van der Waals surface area contributed by atoms with Gasteiger partial charge >= 0.3 is 0 Å². The van der Waals surface area contributed by atoms with Gasteiger partial charge in [-0.1, -0.05) is 36.4 Å². The first-order chi connectivity index (χ1) is 9.38. The topological polar surface area (TPSA) is 63.6 Å². The normalized spacial score (nSPS) is 13.3. The van der Waals surface area contributed by atoms with Crippen LogP contribution >= 0.6 is 0 Å². The van der Waals surface area contributed by atoms with Crippen molar-refractivity contribution in [2.24, 2.45) is 0 Å². The Morgan fingerprint density at radius 3 is 2.55 bits per heavy atom. The standard InChI is InChI=1S/C15H18O4S/c1-11(16)13-8-7-12-5-3-4-6-14(12)15(13)19-9-10-20(2,17)18/h3-8,11,16H,9-10H2,1-2H3/t11-/m0/s1. The number of aliphatic hydroxyl groups excluding tert-OH is 1. The molecule has 0 bridgehead atoms. The summed E-state index contributed by atoms with van der Waals surface area (Å²) in [5.74, 6) is 0.511. The number of fused-ring (bicyclic) bond motifs is 1. The Hall–Kier alpha value is -1.59. The molecule has 2 aromatic carbocycles. The van der Waals surface area contributed by atoms with Crippen molar-refractivity contribution in [3.8, 4) is 5.75 Å². The van der Waals surface area contributed by atoms with E-state index in [0.717, 1.165) is 10.8 Å². The second-order valence-electron chi connectivity index (χ2n) is 4.86. The van der Waals surface area contributed by atoms with Gasteiger partial charge in [0.05, 0.1) is 11.9 Å². The average molecular weight is 294 g/mol. The van der Waals surface area contributed by atoms with Crippen molar-refractivity contribution in [3.63, 3.8) is 0 Å². The lowest BCUT2D eigenvalue weighted by molar-refractivity contribution is 0.193. The zero-order valence-electron chi connectivity index (χ0n) is 11.5. The van der Waals surface area contributed by atoms with Crippen molar-refractivity contribution in [2.75, 3.05) is 18.6 Å². The molecule has 0 saturated carbocycles. The lowest BCUT2D eigenvalue weighted by atomic mass is 10.0. The Kier molecular flexibility index (Phi) is 4.30. The molecule has 1 N–H and O–H groups in total. The van der Waals surface area contributed by atoms with Gasteiger partial charge in [-0.05, 0) is 12.3 Å². The van der Waals surface area contributed by atoms with Crippen LogP contribution in [0, 0.1) is 0 Å². The van der Waals surface area contributed by atoms with Crippen molar-refractivity contribution in [2.45, 2.75) is 13.0 Å². The Morgan fingerprint density at radius 2 is 1.90 bits per heavy atom. The molecule has 0 spiro atoms. The van der Waals surface area contributed by atoms with E-state index in [2.05, 4.69) is 0 Å². The molecule has 0 heterocycles. The molecule has 0 aromatic heterocycles. The predicted octanol–water partition coefficient (Wildman–Crippen LogP) is 2.32. The number of aliphatic hydroxyl groups is 1. The summed E-state index contributed by atoms with van der Waals surface area (Å²) in [6.07, 6.45) is 0.502. The van der Waals surface area contributed by atoms with Crippen LogP contribution in [0.1, 0.15) is 18.6 Å². The highest BCUT2D eigenvalue weighted by molar-refractivity contribution is 7.90. The first-order valence-corrected chi connectivity index (χ1v) is 8.45. The van der Waals surface area contributed by atoms with E-state index in [1.165, 1.54) is 6.26 Å². The van der Waals surface area contributed by atoms with Crippen LogP contribution in [0.4, 0.5) is 0 Å². The molecule has 0 radical (unpaired) electrons. The van der Waals surface area contributed by atoms with Crippen LogP contribution in [0.2, 0.25) is 0 Å². The highest BCUT2D eigenvalue weighted by Crippen LogP contribution is 2.33. The molecular formula is C15H18O4S. The molecule has 2 rings (SSSR count). The van der Waals surface area contributed by atoms with Crippen molar-refractivity contribution in [1.29, 1.82) is 0 Å². The van der Waals surface area contributed by atoms with Crippen LogP contribution in [-0.4, -0.2) is 32.1 Å². The van der Waals surface area contributed by atoms with Gasteiger partial charge < -0.3 is 9.84 Å². The van der Waals surface area contributed by atoms with Crippen LogP contribution in [0.3, 0.4) is 0 Å². The van der Waals surface area contributed by atoms with Gasteiger partial charge in [-0.3, -0.25) is 0 Å². The zero-order chi connectivity index (χ0) is 14.8. The van der Waals surface area contributed by atoms with Gasteiger partial charge in [0.15, 0.2) is 9.84 Å². The van der Waals surface area contributed by atoms with Crippen molar-refractivity contribution < 1.29 is 18.3 Å². The number of sulfone groups is 1. The first-order valence-electron chi connectivity index (χ1n) is 6.39. The monoisotopic (exact) mass is 294 g/mol. The molecule has 0 aliphatic heterocycles. The van der Waals surface area contributed by atoms with E-state index in [-0.39, 0.29) is 12.4 Å². The molecule has 4 nitrogen and oxygen atoms in total. The second-order valence-corrected chi connectivity index (χ2v) is 7.12. The van der Waals surface area contributed by atoms with E-state index in [1.54, 1.807) is 6.92 Å². The lowest BCUT2D eigenvalue weighted by Crippen LogP contribution is -2.13. The molecule has 0 aliphatic rings. The number of benzene rings is 2. The highest BCUT2D eigenvalue weighted by Gasteiger charge is 2.13. The molecule has 1 atom stereocenters. The van der Waals surface area contributed by atoms with E-state index < -0.39 is 15.9 Å². The molecule has 20 heavy (non-hydrogen) atoms. The quantitative estimate of drug-likeness (QED) is 0.919. The largest absolute Gasteiger partial charge is 0.491 e. The van der Waals surface area contributed by atoms with Crippen LogP contribution in [-0.2, 0) is 9.84 Å². The molecule has 0 unspecified atom stereocenters. The van der Waals surface area contributed by atoms with Gasteiger partial charge in [0, 0.05) is 17.2 Å². The van der Waals surface area contributed by atoms with Crippen molar-refractivity contribution >= 4 is 20.6 Å². The van der Waals surface area contributed by atoms with Gasteiger partial charge in [0.1, 0.15) is 12.4 Å². The third kappa shape index (κ3) is 3.49. The number of hydrogen-bond donors (Lipinski definition) is 1. The van der Waals surface area contributed by atoms with E-state index in [1.807, 2.05) is 36.4 Å². The highest BCUT2D eigenvalue weighted by atomic mass is 32.2. The summed E-state index contributed by atoms with van der Waals surface area (Å²) >= 11 is 0. The van der Waals surface area contributed by atoms with Gasteiger partial charge in [-0.2, -0.15) is 0 Å². The van der Waals surface area contributed by atoms with E-state index in [0.29, 0.717) is 11.3 Å². The fraction of sp³-hybridized carbons (Fsp3) is 0.333. The van der Waals surface area contributed by atoms with Crippen molar-refractivity contribution in [3.05, 3.63) is 42.0 Å². The minimum Gasteiger partial charge on any atom is -0.491 e. The number of ether oxygens (including phenoxy) is 1. The van der Waals surface area contributed by atoms with Crippen LogP contribution in [0.15, 0.2) is 36.4 Å². The molecule has 0 saturated heterocycles. The van der Waals surface area contributed by atoms with Crippen LogP contribution in [0.25, 0.3) is 10.8 Å². The number of hydrogen-bond acceptors (Lipinski definition) is 4. The summed E-state index contributed by atoms with van der Waals surface area (Å²) in [6, 6.07) is 11.4. The molecule has 0 aliphatic carbocycles. The fourth-order valence-corrected chi connectivity index (χ4v) is 2.43. The summed E-state index contributed by atoms with van der Waals surface area (Å²) in [7, 11) is -3.07. The summed E-state index contributed by atoms with van der Waals surface area (Å²) in [5, 5.41) is 11.7. The lowest BCUT2D eigenvalue weighted by Gasteiger charge is -2.16. The van der Waals surface area contributed by atoms with Crippen molar-refractivity contribution in [1.82, 2.24) is 0 Å². The SMILES string of the molecule is C[C@H](O)c1ccc2ccccc2c1OCCS(C)(=O)=O. The Morgan fingerprint density at radius 1 is 1.20 bits per heavy atom. The third-order valence-electron chi connectivity index (χ3n) is 3.06. The fourth-order valence-electron chi connectivity index (χ4n) is 2.05. The minimum absolute atomic E-state index is 0.0462. The minimum atomic E-state index is -3.07. The third-order valence-corrected chi connectivity index (χ3v) is 3.97. The van der Waals surface area contributed by atoms with Gasteiger partial charge in [0.2, 0.25) is 0 Å². The smallest absolute Gasteiger partial charge is 0.150 e. The Balaban J connectivity index is 2.39. The molecular weight excluding hydrogens is 276 g/mol. The maximum absolute atomic E-state index is 11.2. The van der Waals surface area contributed by atoms with Gasteiger partial charge in [-0.25, -0.2) is 8.42 Å². The molecule has 0 amide bonds. The van der Waals surface area contributed by atoms with E-state index in [4.69, 9.17) is 4.74 Å². The molecule has 0 fully saturated rings. The number of rotatable bonds is 5. The van der Waals surface area contributed by atoms with Crippen LogP contribution in [0.5, 0.6) is 5.75 Å². The van der Waals surface area contributed by atoms with Gasteiger partial charge in [-0.15, -0.1) is 0 Å². The van der Waals surface area contributed by atoms with Crippen LogP contribution < -0.4 is 4.74 Å².